The third-order valence-electron chi connectivity index (χ3n) is 3.14. The Morgan fingerprint density at radius 1 is 1.29 bits per heavy atom. The largest absolute Gasteiger partial charge is 0.441 e. The second kappa shape index (κ2) is 5.75. The maximum absolute atomic E-state index is 11.9. The van der Waals surface area contributed by atoms with Gasteiger partial charge in [0.15, 0.2) is 11.5 Å². The van der Waals surface area contributed by atoms with Crippen LogP contribution >= 0.6 is 0 Å². The molecule has 0 bridgehead atoms. The molecule has 2 heterocycles. The topological polar surface area (TPSA) is 68.0 Å². The quantitative estimate of drug-likeness (QED) is 0.797. The number of carbonyl (C=O) groups excluding carboxylic acids is 1. The summed E-state index contributed by atoms with van der Waals surface area (Å²) in [5, 5.41) is 2.88. The summed E-state index contributed by atoms with van der Waals surface area (Å²) >= 11 is 0. The maximum Gasteiger partial charge on any atom is 0.224 e. The zero-order valence-electron chi connectivity index (χ0n) is 11.7. The zero-order chi connectivity index (χ0) is 14.7. The fourth-order valence-corrected chi connectivity index (χ4v) is 2.15. The summed E-state index contributed by atoms with van der Waals surface area (Å²) in [5.41, 5.74) is 3.41. The number of amides is 1. The van der Waals surface area contributed by atoms with Crippen LogP contribution in [0.2, 0.25) is 0 Å². The van der Waals surface area contributed by atoms with Gasteiger partial charge < -0.3 is 9.73 Å². The number of oxazole rings is 1. The summed E-state index contributed by atoms with van der Waals surface area (Å²) in [6, 6.07) is 9.40. The SMILES string of the molecule is Cc1nc2ccc(CC(=O)NCc3cccnc3)cc2o1. The van der Waals surface area contributed by atoms with Crippen molar-refractivity contribution in [3.8, 4) is 0 Å². The molecule has 0 atom stereocenters. The number of pyridine rings is 1. The molecule has 3 rings (SSSR count). The molecular formula is C16H15N3O2. The van der Waals surface area contributed by atoms with Gasteiger partial charge in [0.05, 0.1) is 6.42 Å². The molecule has 3 aromatic rings. The minimum Gasteiger partial charge on any atom is -0.441 e. The molecule has 0 spiro atoms. The van der Waals surface area contributed by atoms with Crippen LogP contribution in [0.1, 0.15) is 17.0 Å². The Kier molecular flexibility index (Phi) is 3.64. The van der Waals surface area contributed by atoms with E-state index >= 15 is 0 Å². The molecule has 1 amide bonds. The van der Waals surface area contributed by atoms with Gasteiger partial charge in [-0.3, -0.25) is 9.78 Å². The molecule has 0 saturated carbocycles. The fraction of sp³-hybridized carbons (Fsp3) is 0.188. The number of aryl methyl sites for hydroxylation is 1. The van der Waals surface area contributed by atoms with Gasteiger partial charge in [0.2, 0.25) is 5.91 Å². The number of aromatic nitrogens is 2. The Bertz CT molecular complexity index is 766. The molecule has 1 N–H and O–H groups in total. The number of fused-ring (bicyclic) bond motifs is 1. The second-order valence-electron chi connectivity index (χ2n) is 4.85. The number of nitrogens with zero attached hydrogens (tertiary/aromatic N) is 2. The number of hydrogen-bond acceptors (Lipinski definition) is 4. The molecule has 1 aromatic carbocycles. The normalized spacial score (nSPS) is 10.7. The molecule has 0 aliphatic carbocycles. The van der Waals surface area contributed by atoms with E-state index in [4.69, 9.17) is 4.42 Å². The van der Waals surface area contributed by atoms with Gasteiger partial charge in [0.25, 0.3) is 0 Å². The van der Waals surface area contributed by atoms with Gasteiger partial charge in [-0.1, -0.05) is 12.1 Å². The van der Waals surface area contributed by atoms with Gasteiger partial charge in [-0.2, -0.15) is 0 Å². The summed E-state index contributed by atoms with van der Waals surface area (Å²) in [6.07, 6.45) is 3.76. The minimum absolute atomic E-state index is 0.0329. The van der Waals surface area contributed by atoms with Gasteiger partial charge in [-0.15, -0.1) is 0 Å². The first-order chi connectivity index (χ1) is 10.2. The summed E-state index contributed by atoms with van der Waals surface area (Å²) in [7, 11) is 0. The molecule has 5 nitrogen and oxygen atoms in total. The predicted octanol–water partition coefficient (Wildman–Crippen LogP) is 2.39. The van der Waals surface area contributed by atoms with Crippen molar-refractivity contribution in [3.05, 3.63) is 59.7 Å². The molecule has 21 heavy (non-hydrogen) atoms. The number of nitrogens with one attached hydrogen (secondary N) is 1. The molecule has 2 aromatic heterocycles. The maximum atomic E-state index is 11.9. The van der Waals surface area contributed by atoms with Crippen LogP contribution in [0, 0.1) is 6.92 Å². The Morgan fingerprint density at radius 3 is 3.00 bits per heavy atom. The summed E-state index contributed by atoms with van der Waals surface area (Å²) in [6.45, 7) is 2.29. The van der Waals surface area contributed by atoms with Crippen LogP contribution in [0.25, 0.3) is 11.1 Å². The van der Waals surface area contributed by atoms with Crippen LogP contribution in [-0.2, 0) is 17.8 Å². The van der Waals surface area contributed by atoms with E-state index in [1.165, 1.54) is 0 Å². The second-order valence-corrected chi connectivity index (χ2v) is 4.85. The highest BCUT2D eigenvalue weighted by Gasteiger charge is 2.07. The van der Waals surface area contributed by atoms with Crippen molar-refractivity contribution in [1.29, 1.82) is 0 Å². The van der Waals surface area contributed by atoms with Crippen LogP contribution in [0.15, 0.2) is 47.1 Å². The van der Waals surface area contributed by atoms with E-state index in [9.17, 15) is 4.79 Å². The fourth-order valence-electron chi connectivity index (χ4n) is 2.15. The average Bonchev–Trinajstić information content (AvgIpc) is 2.85. The monoisotopic (exact) mass is 281 g/mol. The molecule has 106 valence electrons. The first kappa shape index (κ1) is 13.3. The van der Waals surface area contributed by atoms with Gasteiger partial charge in [-0.05, 0) is 29.3 Å². The average molecular weight is 281 g/mol. The van der Waals surface area contributed by atoms with E-state index in [-0.39, 0.29) is 5.91 Å². The van der Waals surface area contributed by atoms with E-state index in [1.54, 1.807) is 19.3 Å². The molecular weight excluding hydrogens is 266 g/mol. The van der Waals surface area contributed by atoms with E-state index < -0.39 is 0 Å². The molecule has 5 heteroatoms. The lowest BCUT2D eigenvalue weighted by molar-refractivity contribution is -0.120. The summed E-state index contributed by atoms with van der Waals surface area (Å²) in [5.74, 6) is 0.595. The summed E-state index contributed by atoms with van der Waals surface area (Å²) < 4.78 is 5.47. The highest BCUT2D eigenvalue weighted by molar-refractivity contribution is 5.81. The number of rotatable bonds is 4. The van der Waals surface area contributed by atoms with Crippen LogP contribution in [0.5, 0.6) is 0 Å². The number of hydrogen-bond donors (Lipinski definition) is 1. The Morgan fingerprint density at radius 2 is 2.19 bits per heavy atom. The van der Waals surface area contributed by atoms with E-state index in [2.05, 4.69) is 15.3 Å². The lowest BCUT2D eigenvalue weighted by Gasteiger charge is -2.05. The third kappa shape index (κ3) is 3.25. The van der Waals surface area contributed by atoms with Crippen molar-refractivity contribution in [2.45, 2.75) is 19.9 Å². The highest BCUT2D eigenvalue weighted by Crippen LogP contribution is 2.17. The van der Waals surface area contributed by atoms with Crippen molar-refractivity contribution in [3.63, 3.8) is 0 Å². The number of benzene rings is 1. The van der Waals surface area contributed by atoms with E-state index in [1.807, 2.05) is 30.3 Å². The molecule has 0 saturated heterocycles. The van der Waals surface area contributed by atoms with Crippen molar-refractivity contribution >= 4 is 17.0 Å². The standard InChI is InChI=1S/C16H15N3O2/c1-11-19-14-5-4-12(7-15(14)21-11)8-16(20)18-10-13-3-2-6-17-9-13/h2-7,9H,8,10H2,1H3,(H,18,20). The molecule has 0 radical (unpaired) electrons. The van der Waals surface area contributed by atoms with E-state index in [0.717, 1.165) is 16.6 Å². The smallest absolute Gasteiger partial charge is 0.224 e. The van der Waals surface area contributed by atoms with Crippen LogP contribution in [0.4, 0.5) is 0 Å². The van der Waals surface area contributed by atoms with Crippen molar-refractivity contribution in [2.24, 2.45) is 0 Å². The third-order valence-corrected chi connectivity index (χ3v) is 3.14. The lowest BCUT2D eigenvalue weighted by Crippen LogP contribution is -2.24. The lowest BCUT2D eigenvalue weighted by atomic mass is 10.1. The van der Waals surface area contributed by atoms with Crippen molar-refractivity contribution in [2.75, 3.05) is 0 Å². The first-order valence-corrected chi connectivity index (χ1v) is 6.72. The van der Waals surface area contributed by atoms with Crippen LogP contribution in [0.3, 0.4) is 0 Å². The van der Waals surface area contributed by atoms with Crippen LogP contribution < -0.4 is 5.32 Å². The van der Waals surface area contributed by atoms with Gasteiger partial charge >= 0.3 is 0 Å². The highest BCUT2D eigenvalue weighted by atomic mass is 16.3. The van der Waals surface area contributed by atoms with Crippen molar-refractivity contribution < 1.29 is 9.21 Å². The van der Waals surface area contributed by atoms with Gasteiger partial charge in [0.1, 0.15) is 5.52 Å². The Labute approximate surface area is 122 Å². The molecule has 0 unspecified atom stereocenters. The molecule has 0 aliphatic rings. The predicted molar refractivity (Wildman–Crippen MR) is 78.5 cm³/mol. The Hall–Kier alpha value is -2.69. The summed E-state index contributed by atoms with van der Waals surface area (Å²) in [4.78, 5) is 20.2. The Balaban J connectivity index is 1.63. The van der Waals surface area contributed by atoms with Crippen LogP contribution in [-0.4, -0.2) is 15.9 Å². The molecule has 0 fully saturated rings. The molecule has 0 aliphatic heterocycles. The van der Waals surface area contributed by atoms with E-state index in [0.29, 0.717) is 24.4 Å². The van der Waals surface area contributed by atoms with Crippen molar-refractivity contribution in [1.82, 2.24) is 15.3 Å². The number of carbonyl (C=O) groups is 1. The van der Waals surface area contributed by atoms with Gasteiger partial charge in [-0.25, -0.2) is 4.98 Å². The van der Waals surface area contributed by atoms with Gasteiger partial charge in [0, 0.05) is 25.9 Å². The first-order valence-electron chi connectivity index (χ1n) is 6.72. The minimum atomic E-state index is -0.0329. The zero-order valence-corrected chi connectivity index (χ0v) is 11.7.